The van der Waals surface area contributed by atoms with E-state index >= 15 is 0 Å². The van der Waals surface area contributed by atoms with Crippen molar-refractivity contribution in [3.63, 3.8) is 0 Å². The minimum absolute atomic E-state index is 0.145. The number of hydrogen-bond acceptors (Lipinski definition) is 4. The van der Waals surface area contributed by atoms with E-state index in [1.165, 1.54) is 0 Å². The summed E-state index contributed by atoms with van der Waals surface area (Å²) in [7, 11) is 0. The topological polar surface area (TPSA) is 70.3 Å². The fourth-order valence-electron chi connectivity index (χ4n) is 2.95. The maximum Gasteiger partial charge on any atom is 0.131 e. The molecule has 4 heteroatoms. The van der Waals surface area contributed by atoms with Gasteiger partial charge in [-0.2, -0.15) is 0 Å². The molecule has 0 radical (unpaired) electrons. The molecule has 0 spiro atoms. The van der Waals surface area contributed by atoms with Crippen molar-refractivity contribution < 1.29 is 5.11 Å². The first-order chi connectivity index (χ1) is 9.56. The summed E-state index contributed by atoms with van der Waals surface area (Å²) in [5, 5.41) is 17.0. The van der Waals surface area contributed by atoms with Crippen LogP contribution in [0.25, 0.3) is 0 Å². The number of aliphatic hydroxyl groups excluding tert-OH is 1. The largest absolute Gasteiger partial charge is 0.374 e. The van der Waals surface area contributed by atoms with Crippen LogP contribution in [0, 0.1) is 0 Å². The molecule has 5 N–H and O–H groups in total. The Balaban J connectivity index is 1.84. The first-order valence-corrected chi connectivity index (χ1v) is 7.57. The summed E-state index contributed by atoms with van der Waals surface area (Å²) in [5.74, 6) is 0. The Kier molecular flexibility index (Phi) is 5.54. The summed E-state index contributed by atoms with van der Waals surface area (Å²) in [6.07, 6.45) is 2.39. The molecule has 4 nitrogen and oxygen atoms in total. The van der Waals surface area contributed by atoms with Crippen LogP contribution in [0.2, 0.25) is 0 Å². The maximum absolute atomic E-state index is 10.2. The van der Waals surface area contributed by atoms with Crippen LogP contribution < -0.4 is 16.4 Å². The Bertz CT molecular complexity index is 396. The molecule has 0 amide bonds. The number of rotatable bonds is 5. The van der Waals surface area contributed by atoms with Gasteiger partial charge in [0.1, 0.15) is 6.23 Å². The molecule has 0 bridgehead atoms. The SMILES string of the molecule is CC(C)NC1CCC(NC(O)c2ccccc2)CC1N. The molecule has 20 heavy (non-hydrogen) atoms. The Morgan fingerprint density at radius 2 is 1.85 bits per heavy atom. The lowest BCUT2D eigenvalue weighted by molar-refractivity contribution is 0.107. The molecular weight excluding hydrogens is 250 g/mol. The van der Waals surface area contributed by atoms with Gasteiger partial charge in [0.25, 0.3) is 0 Å². The first-order valence-electron chi connectivity index (χ1n) is 7.57. The quantitative estimate of drug-likeness (QED) is 0.616. The van der Waals surface area contributed by atoms with E-state index in [0.29, 0.717) is 12.1 Å². The monoisotopic (exact) mass is 277 g/mol. The van der Waals surface area contributed by atoms with E-state index in [-0.39, 0.29) is 12.1 Å². The smallest absolute Gasteiger partial charge is 0.131 e. The summed E-state index contributed by atoms with van der Waals surface area (Å²) in [5.41, 5.74) is 7.15. The standard InChI is InChI=1S/C16H27N3O/c1-11(2)18-15-9-8-13(10-14(15)17)19-16(20)12-6-4-3-5-7-12/h3-7,11,13-16,18-20H,8-10,17H2,1-2H3. The van der Waals surface area contributed by atoms with Gasteiger partial charge in [-0.3, -0.25) is 5.32 Å². The molecule has 1 aliphatic rings. The van der Waals surface area contributed by atoms with Crippen LogP contribution in [0.3, 0.4) is 0 Å². The molecule has 1 saturated carbocycles. The molecule has 0 saturated heterocycles. The molecule has 0 aliphatic heterocycles. The van der Waals surface area contributed by atoms with E-state index in [0.717, 1.165) is 24.8 Å². The van der Waals surface area contributed by atoms with Crippen molar-refractivity contribution in [3.05, 3.63) is 35.9 Å². The number of hydrogen-bond donors (Lipinski definition) is 4. The van der Waals surface area contributed by atoms with Crippen LogP contribution in [0.5, 0.6) is 0 Å². The molecule has 1 aromatic rings. The third-order valence-corrected chi connectivity index (χ3v) is 3.96. The highest BCUT2D eigenvalue weighted by Gasteiger charge is 2.29. The zero-order valence-corrected chi connectivity index (χ0v) is 12.4. The summed E-state index contributed by atoms with van der Waals surface area (Å²) in [6, 6.07) is 11.0. The molecule has 2 rings (SSSR count). The van der Waals surface area contributed by atoms with Crippen molar-refractivity contribution >= 4 is 0 Å². The van der Waals surface area contributed by atoms with Gasteiger partial charge in [-0.15, -0.1) is 0 Å². The van der Waals surface area contributed by atoms with Gasteiger partial charge < -0.3 is 16.2 Å². The van der Waals surface area contributed by atoms with Crippen LogP contribution in [-0.2, 0) is 0 Å². The fraction of sp³-hybridized carbons (Fsp3) is 0.625. The molecule has 112 valence electrons. The summed E-state index contributed by atoms with van der Waals surface area (Å²) >= 11 is 0. The van der Waals surface area contributed by atoms with Gasteiger partial charge in [0.15, 0.2) is 0 Å². The van der Waals surface area contributed by atoms with Crippen molar-refractivity contribution in [1.29, 1.82) is 0 Å². The average Bonchev–Trinajstić information content (AvgIpc) is 2.42. The van der Waals surface area contributed by atoms with Crippen LogP contribution in [0.15, 0.2) is 30.3 Å². The molecule has 4 unspecified atom stereocenters. The molecule has 0 aromatic heterocycles. The average molecular weight is 277 g/mol. The van der Waals surface area contributed by atoms with Gasteiger partial charge in [-0.25, -0.2) is 0 Å². The van der Waals surface area contributed by atoms with Gasteiger partial charge in [0, 0.05) is 24.2 Å². The zero-order chi connectivity index (χ0) is 14.5. The molecular formula is C16H27N3O. The van der Waals surface area contributed by atoms with Gasteiger partial charge in [0.2, 0.25) is 0 Å². The maximum atomic E-state index is 10.2. The van der Waals surface area contributed by atoms with E-state index in [9.17, 15) is 5.11 Å². The first kappa shape index (κ1) is 15.4. The Morgan fingerprint density at radius 3 is 2.45 bits per heavy atom. The molecule has 0 heterocycles. The second kappa shape index (κ2) is 7.18. The lowest BCUT2D eigenvalue weighted by Gasteiger charge is -2.37. The summed E-state index contributed by atoms with van der Waals surface area (Å²) in [6.45, 7) is 4.30. The fourth-order valence-corrected chi connectivity index (χ4v) is 2.95. The number of nitrogens with one attached hydrogen (secondary N) is 2. The number of nitrogens with two attached hydrogens (primary N) is 1. The Morgan fingerprint density at radius 1 is 1.15 bits per heavy atom. The van der Waals surface area contributed by atoms with E-state index in [4.69, 9.17) is 5.73 Å². The van der Waals surface area contributed by atoms with Gasteiger partial charge in [-0.1, -0.05) is 44.2 Å². The minimum atomic E-state index is -0.608. The van der Waals surface area contributed by atoms with Crippen LogP contribution in [0.1, 0.15) is 44.9 Å². The molecule has 1 aliphatic carbocycles. The van der Waals surface area contributed by atoms with Crippen LogP contribution >= 0.6 is 0 Å². The summed E-state index contributed by atoms with van der Waals surface area (Å²) < 4.78 is 0. The predicted molar refractivity (Wildman–Crippen MR) is 82.2 cm³/mol. The lowest BCUT2D eigenvalue weighted by atomic mass is 9.86. The highest BCUT2D eigenvalue weighted by atomic mass is 16.3. The highest BCUT2D eigenvalue weighted by Crippen LogP contribution is 2.21. The minimum Gasteiger partial charge on any atom is -0.374 e. The van der Waals surface area contributed by atoms with E-state index in [1.807, 2.05) is 30.3 Å². The number of aliphatic hydroxyl groups is 1. The summed E-state index contributed by atoms with van der Waals surface area (Å²) in [4.78, 5) is 0. The Hall–Kier alpha value is -0.940. The van der Waals surface area contributed by atoms with Gasteiger partial charge in [0.05, 0.1) is 0 Å². The van der Waals surface area contributed by atoms with E-state index in [1.54, 1.807) is 0 Å². The third-order valence-electron chi connectivity index (χ3n) is 3.96. The predicted octanol–water partition coefficient (Wildman–Crippen LogP) is 1.51. The van der Waals surface area contributed by atoms with Gasteiger partial charge in [-0.05, 0) is 24.8 Å². The lowest BCUT2D eigenvalue weighted by Crippen LogP contribution is -2.54. The molecule has 1 fully saturated rings. The van der Waals surface area contributed by atoms with Crippen LogP contribution in [-0.4, -0.2) is 29.3 Å². The Labute approximate surface area is 121 Å². The van der Waals surface area contributed by atoms with Crippen molar-refractivity contribution in [3.8, 4) is 0 Å². The van der Waals surface area contributed by atoms with Crippen molar-refractivity contribution in [2.75, 3.05) is 0 Å². The highest BCUT2D eigenvalue weighted by molar-refractivity contribution is 5.16. The third kappa shape index (κ3) is 4.28. The molecule has 4 atom stereocenters. The second-order valence-electron chi connectivity index (χ2n) is 6.08. The zero-order valence-electron chi connectivity index (χ0n) is 12.4. The van der Waals surface area contributed by atoms with Crippen molar-refractivity contribution in [2.24, 2.45) is 5.73 Å². The number of benzene rings is 1. The van der Waals surface area contributed by atoms with E-state index in [2.05, 4.69) is 24.5 Å². The van der Waals surface area contributed by atoms with Crippen molar-refractivity contribution in [1.82, 2.24) is 10.6 Å². The van der Waals surface area contributed by atoms with Crippen LogP contribution in [0.4, 0.5) is 0 Å². The van der Waals surface area contributed by atoms with Crippen molar-refractivity contribution in [2.45, 2.75) is 63.5 Å². The van der Waals surface area contributed by atoms with Gasteiger partial charge >= 0.3 is 0 Å². The normalized spacial score (nSPS) is 28.6. The second-order valence-corrected chi connectivity index (χ2v) is 6.08. The molecule has 1 aromatic carbocycles. The van der Waals surface area contributed by atoms with E-state index < -0.39 is 6.23 Å².